The molecule has 1 aromatic rings. The van der Waals surface area contributed by atoms with Crippen LogP contribution in [-0.2, 0) is 0 Å². The van der Waals surface area contributed by atoms with E-state index in [9.17, 15) is 0 Å². The SMILES string of the molecule is Cc1onc(C#N)c1C(C)C. The molecule has 58 valence electrons. The number of nitriles is 1. The molecule has 3 heteroatoms. The van der Waals surface area contributed by atoms with Crippen LogP contribution in [-0.4, -0.2) is 5.16 Å². The van der Waals surface area contributed by atoms with Crippen LogP contribution in [0.5, 0.6) is 0 Å². The van der Waals surface area contributed by atoms with Crippen molar-refractivity contribution in [3.63, 3.8) is 0 Å². The summed E-state index contributed by atoms with van der Waals surface area (Å²) in [5, 5.41) is 12.2. The Morgan fingerprint density at radius 2 is 2.18 bits per heavy atom. The van der Waals surface area contributed by atoms with Crippen LogP contribution in [0.25, 0.3) is 0 Å². The Balaban J connectivity index is 3.21. The van der Waals surface area contributed by atoms with E-state index in [1.54, 1.807) is 0 Å². The highest BCUT2D eigenvalue weighted by Gasteiger charge is 2.14. The summed E-state index contributed by atoms with van der Waals surface area (Å²) in [4.78, 5) is 0. The molecule has 0 aliphatic rings. The first kappa shape index (κ1) is 7.80. The predicted octanol–water partition coefficient (Wildman–Crippen LogP) is 1.98. The lowest BCUT2D eigenvalue weighted by atomic mass is 10.0. The quantitative estimate of drug-likeness (QED) is 0.615. The number of nitrogens with zero attached hydrogens (tertiary/aromatic N) is 2. The van der Waals surface area contributed by atoms with Gasteiger partial charge in [-0.3, -0.25) is 0 Å². The highest BCUT2D eigenvalue weighted by atomic mass is 16.5. The van der Waals surface area contributed by atoms with Gasteiger partial charge in [0.15, 0.2) is 5.69 Å². The summed E-state index contributed by atoms with van der Waals surface area (Å²) in [6, 6.07) is 1.99. The van der Waals surface area contributed by atoms with Gasteiger partial charge in [-0.2, -0.15) is 5.26 Å². The zero-order valence-corrected chi connectivity index (χ0v) is 6.88. The van der Waals surface area contributed by atoms with Crippen molar-refractivity contribution in [2.45, 2.75) is 26.7 Å². The predicted molar refractivity (Wildman–Crippen MR) is 40.0 cm³/mol. The summed E-state index contributed by atoms with van der Waals surface area (Å²) >= 11 is 0. The van der Waals surface area contributed by atoms with E-state index in [4.69, 9.17) is 9.78 Å². The van der Waals surface area contributed by atoms with Crippen LogP contribution in [0.2, 0.25) is 0 Å². The molecule has 11 heavy (non-hydrogen) atoms. The van der Waals surface area contributed by atoms with E-state index in [1.165, 1.54) is 0 Å². The lowest BCUT2D eigenvalue weighted by Gasteiger charge is -1.99. The van der Waals surface area contributed by atoms with Gasteiger partial charge < -0.3 is 4.52 Å². The second kappa shape index (κ2) is 2.75. The molecule has 0 saturated heterocycles. The van der Waals surface area contributed by atoms with E-state index >= 15 is 0 Å². The Bertz CT molecular complexity index is 294. The normalized spacial score (nSPS) is 10.1. The third kappa shape index (κ3) is 1.25. The van der Waals surface area contributed by atoms with Crippen LogP contribution in [0, 0.1) is 18.3 Å². The molecule has 0 aliphatic heterocycles. The Labute approximate surface area is 65.6 Å². The van der Waals surface area contributed by atoms with Crippen molar-refractivity contribution < 1.29 is 4.52 Å². The fourth-order valence-electron chi connectivity index (χ4n) is 1.14. The average Bonchev–Trinajstić information content (AvgIpc) is 2.30. The maximum Gasteiger partial charge on any atom is 0.187 e. The first-order valence-electron chi connectivity index (χ1n) is 3.53. The Kier molecular flexibility index (Phi) is 1.95. The van der Waals surface area contributed by atoms with Crippen LogP contribution in [0.3, 0.4) is 0 Å². The number of aromatic nitrogens is 1. The minimum absolute atomic E-state index is 0.302. The molecule has 0 aromatic carbocycles. The lowest BCUT2D eigenvalue weighted by Crippen LogP contribution is -1.90. The van der Waals surface area contributed by atoms with Crippen molar-refractivity contribution in [3.8, 4) is 6.07 Å². The van der Waals surface area contributed by atoms with Crippen molar-refractivity contribution >= 4 is 0 Å². The van der Waals surface area contributed by atoms with Crippen LogP contribution >= 0.6 is 0 Å². The van der Waals surface area contributed by atoms with Crippen LogP contribution in [0.4, 0.5) is 0 Å². The molecule has 0 N–H and O–H groups in total. The third-order valence-electron chi connectivity index (χ3n) is 1.59. The van der Waals surface area contributed by atoms with Crippen molar-refractivity contribution in [1.82, 2.24) is 5.16 Å². The van der Waals surface area contributed by atoms with E-state index in [2.05, 4.69) is 5.16 Å². The molecular weight excluding hydrogens is 140 g/mol. The van der Waals surface area contributed by atoms with Crippen molar-refractivity contribution in [2.24, 2.45) is 0 Å². The van der Waals surface area contributed by atoms with Gasteiger partial charge in [0, 0.05) is 5.56 Å². The molecule has 1 aromatic heterocycles. The average molecular weight is 150 g/mol. The lowest BCUT2D eigenvalue weighted by molar-refractivity contribution is 0.394. The molecular formula is C8H10N2O. The van der Waals surface area contributed by atoms with E-state index in [0.29, 0.717) is 11.6 Å². The molecule has 0 spiro atoms. The maximum absolute atomic E-state index is 8.61. The van der Waals surface area contributed by atoms with Crippen molar-refractivity contribution in [3.05, 3.63) is 17.0 Å². The summed E-state index contributed by atoms with van der Waals surface area (Å²) in [7, 11) is 0. The van der Waals surface area contributed by atoms with Crippen LogP contribution in [0.1, 0.15) is 36.8 Å². The number of aryl methyl sites for hydroxylation is 1. The minimum atomic E-state index is 0.302. The van der Waals surface area contributed by atoms with Gasteiger partial charge in [-0.15, -0.1) is 0 Å². The van der Waals surface area contributed by atoms with E-state index < -0.39 is 0 Å². The maximum atomic E-state index is 8.61. The zero-order chi connectivity index (χ0) is 8.43. The molecule has 0 unspecified atom stereocenters. The molecule has 0 aliphatic carbocycles. The Hall–Kier alpha value is -1.30. The Morgan fingerprint density at radius 3 is 2.55 bits per heavy atom. The molecule has 0 saturated carbocycles. The highest BCUT2D eigenvalue weighted by molar-refractivity contribution is 5.34. The molecule has 0 atom stereocenters. The molecule has 0 amide bonds. The summed E-state index contributed by atoms with van der Waals surface area (Å²) in [5.41, 5.74) is 1.34. The van der Waals surface area contributed by atoms with Gasteiger partial charge in [-0.1, -0.05) is 19.0 Å². The van der Waals surface area contributed by atoms with E-state index in [1.807, 2.05) is 26.8 Å². The van der Waals surface area contributed by atoms with Gasteiger partial charge in [0.25, 0.3) is 0 Å². The second-order valence-corrected chi connectivity index (χ2v) is 2.77. The van der Waals surface area contributed by atoms with E-state index in [0.717, 1.165) is 11.3 Å². The van der Waals surface area contributed by atoms with Gasteiger partial charge in [-0.05, 0) is 12.8 Å². The van der Waals surface area contributed by atoms with Crippen molar-refractivity contribution in [1.29, 1.82) is 5.26 Å². The summed E-state index contributed by atoms with van der Waals surface area (Å²) in [5.74, 6) is 1.05. The number of hydrogen-bond acceptors (Lipinski definition) is 3. The molecule has 1 rings (SSSR count). The van der Waals surface area contributed by atoms with Gasteiger partial charge in [-0.25, -0.2) is 0 Å². The monoisotopic (exact) mass is 150 g/mol. The minimum Gasteiger partial charge on any atom is -0.360 e. The first-order chi connectivity index (χ1) is 5.16. The highest BCUT2D eigenvalue weighted by Crippen LogP contribution is 2.21. The Morgan fingerprint density at radius 1 is 1.55 bits per heavy atom. The summed E-state index contributed by atoms with van der Waals surface area (Å²) in [6.45, 7) is 5.85. The smallest absolute Gasteiger partial charge is 0.187 e. The molecule has 0 fully saturated rings. The molecule has 0 bridgehead atoms. The van der Waals surface area contributed by atoms with Crippen molar-refractivity contribution in [2.75, 3.05) is 0 Å². The second-order valence-electron chi connectivity index (χ2n) is 2.77. The summed E-state index contributed by atoms with van der Waals surface area (Å²) < 4.78 is 4.88. The topological polar surface area (TPSA) is 49.8 Å². The van der Waals surface area contributed by atoms with E-state index in [-0.39, 0.29) is 0 Å². The van der Waals surface area contributed by atoms with Gasteiger partial charge in [0.1, 0.15) is 11.8 Å². The van der Waals surface area contributed by atoms with Gasteiger partial charge in [0.2, 0.25) is 0 Å². The van der Waals surface area contributed by atoms with Gasteiger partial charge in [0.05, 0.1) is 0 Å². The zero-order valence-electron chi connectivity index (χ0n) is 6.88. The molecule has 3 nitrogen and oxygen atoms in total. The van der Waals surface area contributed by atoms with Crippen LogP contribution < -0.4 is 0 Å². The van der Waals surface area contributed by atoms with Crippen LogP contribution in [0.15, 0.2) is 4.52 Å². The fraction of sp³-hybridized carbons (Fsp3) is 0.500. The largest absolute Gasteiger partial charge is 0.360 e. The fourth-order valence-corrected chi connectivity index (χ4v) is 1.14. The molecule has 0 radical (unpaired) electrons. The first-order valence-corrected chi connectivity index (χ1v) is 3.53. The summed E-state index contributed by atoms with van der Waals surface area (Å²) in [6.07, 6.45) is 0. The number of rotatable bonds is 1. The standard InChI is InChI=1S/C8H10N2O/c1-5(2)8-6(3)11-10-7(8)4-9/h5H,1-3H3. The third-order valence-corrected chi connectivity index (χ3v) is 1.59. The number of hydrogen-bond donors (Lipinski definition) is 0. The molecule has 1 heterocycles. The van der Waals surface area contributed by atoms with Gasteiger partial charge >= 0.3 is 0 Å².